The Kier molecular flexibility index (Phi) is 10.1. The molecule has 0 aliphatic carbocycles. The quantitative estimate of drug-likeness (QED) is 0.474. The Morgan fingerprint density at radius 1 is 1.09 bits per heavy atom. The second-order valence-corrected chi connectivity index (χ2v) is 10.9. The summed E-state index contributed by atoms with van der Waals surface area (Å²) >= 11 is 6.11. The summed E-state index contributed by atoms with van der Waals surface area (Å²) in [7, 11) is -3.86. The third-order valence-electron chi connectivity index (χ3n) is 5.77. The van der Waals surface area contributed by atoms with E-state index >= 15 is 0 Å². The maximum absolute atomic E-state index is 13.6. The molecule has 2 aromatic rings. The molecule has 2 aromatic carbocycles. The number of hydrogen-bond donors (Lipinski definition) is 1. The lowest BCUT2D eigenvalue weighted by atomic mass is 10.1. The third kappa shape index (κ3) is 7.93. The predicted molar refractivity (Wildman–Crippen MR) is 137 cm³/mol. The van der Waals surface area contributed by atoms with E-state index in [1.165, 1.54) is 35.2 Å². The van der Waals surface area contributed by atoms with Gasteiger partial charge in [-0.3, -0.25) is 13.9 Å². The molecule has 0 aliphatic heterocycles. The summed E-state index contributed by atoms with van der Waals surface area (Å²) in [6.45, 7) is 6.79. The van der Waals surface area contributed by atoms with E-state index < -0.39 is 34.3 Å². The first-order valence-electron chi connectivity index (χ1n) is 11.5. The van der Waals surface area contributed by atoms with Crippen LogP contribution in [0.3, 0.4) is 0 Å². The van der Waals surface area contributed by atoms with Crippen molar-refractivity contribution in [2.24, 2.45) is 0 Å². The molecule has 0 unspecified atom stereocenters. The second-order valence-electron chi connectivity index (χ2n) is 8.59. The van der Waals surface area contributed by atoms with Crippen LogP contribution in [-0.2, 0) is 26.2 Å². The lowest BCUT2D eigenvalue weighted by Crippen LogP contribution is -2.53. The normalized spacial score (nSPS) is 13.1. The van der Waals surface area contributed by atoms with Gasteiger partial charge in [0.25, 0.3) is 0 Å². The average molecular weight is 526 g/mol. The molecule has 0 saturated heterocycles. The van der Waals surface area contributed by atoms with Crippen LogP contribution in [0.5, 0.6) is 0 Å². The van der Waals surface area contributed by atoms with E-state index in [9.17, 15) is 22.4 Å². The van der Waals surface area contributed by atoms with Gasteiger partial charge in [-0.25, -0.2) is 12.8 Å². The lowest BCUT2D eigenvalue weighted by Gasteiger charge is -2.33. The van der Waals surface area contributed by atoms with Crippen LogP contribution in [0.4, 0.5) is 10.1 Å². The topological polar surface area (TPSA) is 86.8 Å². The van der Waals surface area contributed by atoms with Gasteiger partial charge in [0.05, 0.1) is 11.9 Å². The number of hydrogen-bond acceptors (Lipinski definition) is 4. The van der Waals surface area contributed by atoms with E-state index in [0.29, 0.717) is 29.0 Å². The SMILES string of the molecule is CC[C@@H](C)NC(=O)[C@@H](CC)N(Cc1ccc(F)cc1)C(=O)CN(c1cc(Cl)ccc1C)S(C)(=O)=O. The van der Waals surface area contributed by atoms with Crippen LogP contribution in [0.1, 0.15) is 44.7 Å². The largest absolute Gasteiger partial charge is 0.352 e. The zero-order valence-electron chi connectivity index (χ0n) is 20.7. The Morgan fingerprint density at radius 3 is 2.26 bits per heavy atom. The molecular formula is C25H33ClFN3O4S. The van der Waals surface area contributed by atoms with Crippen LogP contribution < -0.4 is 9.62 Å². The van der Waals surface area contributed by atoms with Gasteiger partial charge in [0.2, 0.25) is 21.8 Å². The van der Waals surface area contributed by atoms with E-state index in [1.54, 1.807) is 26.0 Å². The summed E-state index contributed by atoms with van der Waals surface area (Å²) in [6, 6.07) is 9.47. The molecule has 7 nitrogen and oxygen atoms in total. The number of anilines is 1. The number of rotatable bonds is 11. The van der Waals surface area contributed by atoms with Crippen molar-refractivity contribution in [3.63, 3.8) is 0 Å². The molecule has 192 valence electrons. The number of amides is 2. The first kappa shape index (κ1) is 28.6. The number of halogens is 2. The molecule has 35 heavy (non-hydrogen) atoms. The fourth-order valence-corrected chi connectivity index (χ4v) is 4.66. The van der Waals surface area contributed by atoms with E-state index in [1.807, 2.05) is 13.8 Å². The highest BCUT2D eigenvalue weighted by molar-refractivity contribution is 7.92. The van der Waals surface area contributed by atoms with Crippen LogP contribution in [-0.4, -0.2) is 50.0 Å². The molecule has 0 aliphatic rings. The molecule has 0 heterocycles. The van der Waals surface area contributed by atoms with Crippen molar-refractivity contribution in [3.8, 4) is 0 Å². The maximum atomic E-state index is 13.6. The molecule has 0 saturated carbocycles. The fourth-order valence-electron chi connectivity index (χ4n) is 3.59. The third-order valence-corrected chi connectivity index (χ3v) is 7.13. The number of sulfonamides is 1. The second kappa shape index (κ2) is 12.4. The molecular weight excluding hydrogens is 493 g/mol. The highest BCUT2D eigenvalue weighted by atomic mass is 35.5. The molecule has 0 spiro atoms. The lowest BCUT2D eigenvalue weighted by molar-refractivity contribution is -0.140. The Hall–Kier alpha value is -2.65. The zero-order valence-corrected chi connectivity index (χ0v) is 22.3. The summed E-state index contributed by atoms with van der Waals surface area (Å²) in [4.78, 5) is 28.1. The van der Waals surface area contributed by atoms with Gasteiger partial charge >= 0.3 is 0 Å². The van der Waals surface area contributed by atoms with Crippen molar-refractivity contribution >= 4 is 39.1 Å². The molecule has 0 aromatic heterocycles. The number of nitrogens with zero attached hydrogens (tertiary/aromatic N) is 2. The Labute approximate surface area is 212 Å². The summed E-state index contributed by atoms with van der Waals surface area (Å²) in [5, 5.41) is 3.23. The summed E-state index contributed by atoms with van der Waals surface area (Å²) in [6.07, 6.45) is 2.03. The van der Waals surface area contributed by atoms with Crippen molar-refractivity contribution in [2.75, 3.05) is 17.1 Å². The summed E-state index contributed by atoms with van der Waals surface area (Å²) < 4.78 is 39.8. The Bertz CT molecular complexity index is 1140. The molecule has 1 N–H and O–H groups in total. The van der Waals surface area contributed by atoms with Gasteiger partial charge in [-0.15, -0.1) is 0 Å². The minimum atomic E-state index is -3.86. The van der Waals surface area contributed by atoms with Gasteiger partial charge in [-0.05, 0) is 62.1 Å². The Balaban J connectivity index is 2.47. The average Bonchev–Trinajstić information content (AvgIpc) is 2.79. The Morgan fingerprint density at radius 2 is 1.71 bits per heavy atom. The van der Waals surface area contributed by atoms with Crippen molar-refractivity contribution < 1.29 is 22.4 Å². The van der Waals surface area contributed by atoms with Gasteiger partial charge in [0.15, 0.2) is 0 Å². The molecule has 0 radical (unpaired) electrons. The van der Waals surface area contributed by atoms with Crippen LogP contribution in [0.25, 0.3) is 0 Å². The molecule has 10 heteroatoms. The monoisotopic (exact) mass is 525 g/mol. The number of aryl methyl sites for hydroxylation is 1. The van der Waals surface area contributed by atoms with Crippen LogP contribution >= 0.6 is 11.6 Å². The van der Waals surface area contributed by atoms with Crippen molar-refractivity contribution in [1.82, 2.24) is 10.2 Å². The predicted octanol–water partition coefficient (Wildman–Crippen LogP) is 4.28. The minimum absolute atomic E-state index is 0.0116. The zero-order chi connectivity index (χ0) is 26.3. The molecule has 2 rings (SSSR count). The highest BCUT2D eigenvalue weighted by Gasteiger charge is 2.32. The molecule has 0 fully saturated rings. The minimum Gasteiger partial charge on any atom is -0.352 e. The van der Waals surface area contributed by atoms with E-state index in [4.69, 9.17) is 11.6 Å². The van der Waals surface area contributed by atoms with Gasteiger partial charge in [-0.2, -0.15) is 0 Å². The van der Waals surface area contributed by atoms with Gasteiger partial charge in [-0.1, -0.05) is 43.6 Å². The van der Waals surface area contributed by atoms with Crippen molar-refractivity contribution in [3.05, 3.63) is 64.4 Å². The summed E-state index contributed by atoms with van der Waals surface area (Å²) in [5.74, 6) is -1.32. The fraction of sp³-hybridized carbons (Fsp3) is 0.440. The van der Waals surface area contributed by atoms with Crippen LogP contribution in [0.2, 0.25) is 5.02 Å². The van der Waals surface area contributed by atoms with Gasteiger partial charge in [0.1, 0.15) is 18.4 Å². The summed E-state index contributed by atoms with van der Waals surface area (Å²) in [5.41, 5.74) is 1.52. The van der Waals surface area contributed by atoms with Crippen molar-refractivity contribution in [1.29, 1.82) is 0 Å². The number of benzene rings is 2. The first-order chi connectivity index (χ1) is 16.4. The van der Waals surface area contributed by atoms with Gasteiger partial charge in [0, 0.05) is 17.6 Å². The number of nitrogens with one attached hydrogen (secondary N) is 1. The molecule has 0 bridgehead atoms. The van der Waals surface area contributed by atoms with Gasteiger partial charge < -0.3 is 10.2 Å². The smallest absolute Gasteiger partial charge is 0.244 e. The molecule has 2 atom stereocenters. The van der Waals surface area contributed by atoms with Crippen LogP contribution in [0.15, 0.2) is 42.5 Å². The number of carbonyl (C=O) groups excluding carboxylic acids is 2. The number of carbonyl (C=O) groups is 2. The molecule has 2 amide bonds. The standard InChI is InChI=1S/C25H33ClFN3O4S/c1-6-18(4)28-25(32)22(7-2)29(15-19-9-12-21(27)13-10-19)24(31)16-30(35(5,33)34)23-14-20(26)11-8-17(23)3/h8-14,18,22H,6-7,15-16H2,1-5H3,(H,28,32)/t18-,22-/m1/s1. The van der Waals surface area contributed by atoms with E-state index in [-0.39, 0.29) is 24.2 Å². The van der Waals surface area contributed by atoms with Crippen LogP contribution in [0, 0.1) is 12.7 Å². The van der Waals surface area contributed by atoms with E-state index in [0.717, 1.165) is 10.6 Å². The van der Waals surface area contributed by atoms with E-state index in [2.05, 4.69) is 5.32 Å². The first-order valence-corrected chi connectivity index (χ1v) is 13.7. The maximum Gasteiger partial charge on any atom is 0.244 e. The van der Waals surface area contributed by atoms with Crippen molar-refractivity contribution in [2.45, 2.75) is 59.2 Å². The highest BCUT2D eigenvalue weighted by Crippen LogP contribution is 2.27.